The van der Waals surface area contributed by atoms with Gasteiger partial charge < -0.3 is 9.15 Å². The molecule has 0 spiro atoms. The van der Waals surface area contributed by atoms with Crippen molar-refractivity contribution >= 4 is 39.1 Å². The first kappa shape index (κ1) is 20.7. The fraction of sp³-hybridized carbons (Fsp3) is 0.471. The number of carbonyl (C=O) groups excluding carboxylic acids is 2. The molecule has 0 saturated carbocycles. The lowest BCUT2D eigenvalue weighted by atomic mass is 10.2. The molecule has 0 unspecified atom stereocenters. The van der Waals surface area contributed by atoms with Crippen LogP contribution in [0.5, 0.6) is 5.75 Å². The van der Waals surface area contributed by atoms with Gasteiger partial charge in [0.25, 0.3) is 11.8 Å². The molecule has 1 aliphatic rings. The largest absolute Gasteiger partial charge is 0.497 e. The first-order valence-electron chi connectivity index (χ1n) is 8.84. The van der Waals surface area contributed by atoms with Crippen molar-refractivity contribution in [2.45, 2.75) is 45.8 Å². The Labute approximate surface area is 167 Å². The van der Waals surface area contributed by atoms with Crippen molar-refractivity contribution in [3.8, 4) is 5.75 Å². The number of carbonyl (C=O) groups is 2. The SMILES string of the molecule is COc1ccc2oc(N=NC3C(=O)N(C(C)C)S(=O)(=O)N(C(C)C)C3=O)nc2c1. The molecular weight excluding hydrogens is 402 g/mol. The lowest BCUT2D eigenvalue weighted by Gasteiger charge is -2.39. The molecule has 11 nitrogen and oxygen atoms in total. The monoisotopic (exact) mass is 423 g/mol. The van der Waals surface area contributed by atoms with Gasteiger partial charge >= 0.3 is 16.2 Å². The van der Waals surface area contributed by atoms with Crippen LogP contribution >= 0.6 is 0 Å². The van der Waals surface area contributed by atoms with Crippen LogP contribution in [0.15, 0.2) is 32.8 Å². The van der Waals surface area contributed by atoms with E-state index in [9.17, 15) is 18.0 Å². The van der Waals surface area contributed by atoms with E-state index in [1.54, 1.807) is 18.2 Å². The normalized spacial score (nSPS) is 18.0. The van der Waals surface area contributed by atoms with Crippen LogP contribution in [0.2, 0.25) is 0 Å². The summed E-state index contributed by atoms with van der Waals surface area (Å²) in [5.41, 5.74) is 0.867. The van der Waals surface area contributed by atoms with E-state index >= 15 is 0 Å². The van der Waals surface area contributed by atoms with Gasteiger partial charge in [0, 0.05) is 18.2 Å². The van der Waals surface area contributed by atoms with Gasteiger partial charge in [0.1, 0.15) is 11.3 Å². The van der Waals surface area contributed by atoms with Crippen LogP contribution < -0.4 is 4.74 Å². The molecule has 2 heterocycles. The van der Waals surface area contributed by atoms with Crippen molar-refractivity contribution in [1.29, 1.82) is 0 Å². The van der Waals surface area contributed by atoms with Crippen molar-refractivity contribution in [3.63, 3.8) is 0 Å². The van der Waals surface area contributed by atoms with E-state index in [0.29, 0.717) is 25.5 Å². The minimum Gasteiger partial charge on any atom is -0.497 e. The summed E-state index contributed by atoms with van der Waals surface area (Å²) in [6.07, 6.45) is 0. The summed E-state index contributed by atoms with van der Waals surface area (Å²) in [4.78, 5) is 29.5. The summed E-state index contributed by atoms with van der Waals surface area (Å²) in [6.45, 7) is 6.14. The maximum atomic E-state index is 12.7. The van der Waals surface area contributed by atoms with Gasteiger partial charge in [-0.15, -0.1) is 0 Å². The smallest absolute Gasteiger partial charge is 0.341 e. The minimum atomic E-state index is -4.29. The Bertz CT molecular complexity index is 1060. The van der Waals surface area contributed by atoms with Crippen LogP contribution in [0, 0.1) is 0 Å². The maximum absolute atomic E-state index is 12.7. The number of benzene rings is 1. The van der Waals surface area contributed by atoms with E-state index in [2.05, 4.69) is 15.2 Å². The summed E-state index contributed by atoms with van der Waals surface area (Å²) < 4.78 is 37.2. The molecule has 1 fully saturated rings. The molecule has 156 valence electrons. The standard InChI is InChI=1S/C17H21N5O6S/c1-9(2)21-15(23)14(16(24)22(10(3)4)29(21,25)26)19-20-17-18-12-8-11(27-5)6-7-13(12)28-17/h6-10,14H,1-5H3. The molecular formula is C17H21N5O6S. The van der Waals surface area contributed by atoms with Crippen LogP contribution in [0.1, 0.15) is 27.7 Å². The Morgan fingerprint density at radius 1 is 1.10 bits per heavy atom. The van der Waals surface area contributed by atoms with Crippen LogP contribution in [-0.2, 0) is 19.8 Å². The Morgan fingerprint density at radius 3 is 2.21 bits per heavy atom. The van der Waals surface area contributed by atoms with Crippen molar-refractivity contribution in [1.82, 2.24) is 13.6 Å². The lowest BCUT2D eigenvalue weighted by Crippen LogP contribution is -2.64. The number of aromatic nitrogens is 1. The highest BCUT2D eigenvalue weighted by Crippen LogP contribution is 2.28. The third kappa shape index (κ3) is 3.55. The number of hydrogen-bond donors (Lipinski definition) is 0. The molecule has 12 heteroatoms. The number of amides is 2. The molecule has 0 aliphatic carbocycles. The van der Waals surface area contributed by atoms with E-state index in [1.165, 1.54) is 34.8 Å². The number of methoxy groups -OCH3 is 1. The predicted octanol–water partition coefficient (Wildman–Crippen LogP) is 2.02. The van der Waals surface area contributed by atoms with Gasteiger partial charge in [-0.2, -0.15) is 18.5 Å². The zero-order valence-corrected chi connectivity index (χ0v) is 17.4. The number of azo groups is 1. The first-order valence-corrected chi connectivity index (χ1v) is 10.2. The number of hydrogen-bond acceptors (Lipinski definition) is 9. The Morgan fingerprint density at radius 2 is 1.69 bits per heavy atom. The van der Waals surface area contributed by atoms with Crippen molar-refractivity contribution in [2.24, 2.45) is 10.2 Å². The number of rotatable bonds is 5. The first-order chi connectivity index (χ1) is 13.6. The average Bonchev–Trinajstić information content (AvgIpc) is 3.01. The maximum Gasteiger partial charge on any atom is 0.341 e. The molecule has 0 N–H and O–H groups in total. The van der Waals surface area contributed by atoms with Crippen LogP contribution in [-0.4, -0.2) is 59.1 Å². The van der Waals surface area contributed by atoms with Gasteiger partial charge in [-0.05, 0) is 39.8 Å². The fourth-order valence-corrected chi connectivity index (χ4v) is 4.89. The second kappa shape index (κ2) is 7.43. The van der Waals surface area contributed by atoms with Gasteiger partial charge in [-0.25, -0.2) is 8.61 Å². The van der Waals surface area contributed by atoms with E-state index in [4.69, 9.17) is 9.15 Å². The van der Waals surface area contributed by atoms with Crippen LogP contribution in [0.3, 0.4) is 0 Å². The zero-order chi connectivity index (χ0) is 21.5. The molecule has 0 radical (unpaired) electrons. The van der Waals surface area contributed by atoms with Gasteiger partial charge in [-0.1, -0.05) is 5.11 Å². The van der Waals surface area contributed by atoms with Gasteiger partial charge in [-0.3, -0.25) is 9.59 Å². The summed E-state index contributed by atoms with van der Waals surface area (Å²) in [7, 11) is -2.78. The number of nitrogens with zero attached hydrogens (tertiary/aromatic N) is 5. The average molecular weight is 423 g/mol. The molecule has 2 amide bonds. The minimum absolute atomic E-state index is 0.172. The summed E-state index contributed by atoms with van der Waals surface area (Å²) >= 11 is 0. The summed E-state index contributed by atoms with van der Waals surface area (Å²) in [5, 5.41) is 7.55. The second-order valence-corrected chi connectivity index (χ2v) is 8.59. The molecule has 1 aromatic carbocycles. The van der Waals surface area contributed by atoms with E-state index in [1.807, 2.05) is 0 Å². The van der Waals surface area contributed by atoms with E-state index in [-0.39, 0.29) is 6.01 Å². The zero-order valence-electron chi connectivity index (χ0n) is 16.6. The van der Waals surface area contributed by atoms with Gasteiger partial charge in [0.05, 0.1) is 7.11 Å². The topological polar surface area (TPSA) is 135 Å². The summed E-state index contributed by atoms with van der Waals surface area (Å²) in [6, 6.07) is 1.72. The Hall–Kier alpha value is -3.02. The highest BCUT2D eigenvalue weighted by molar-refractivity contribution is 7.88. The second-order valence-electron chi connectivity index (χ2n) is 6.91. The summed E-state index contributed by atoms with van der Waals surface area (Å²) in [5.74, 6) is -1.37. The quantitative estimate of drug-likeness (QED) is 0.530. The van der Waals surface area contributed by atoms with Crippen molar-refractivity contribution in [3.05, 3.63) is 18.2 Å². The molecule has 1 aliphatic heterocycles. The molecule has 0 atom stereocenters. The Kier molecular flexibility index (Phi) is 5.30. The number of fused-ring (bicyclic) bond motifs is 1. The molecule has 3 rings (SSSR count). The third-order valence-electron chi connectivity index (χ3n) is 4.18. The third-order valence-corrected chi connectivity index (χ3v) is 6.38. The molecule has 2 aromatic rings. The predicted molar refractivity (Wildman–Crippen MR) is 102 cm³/mol. The molecule has 29 heavy (non-hydrogen) atoms. The lowest BCUT2D eigenvalue weighted by molar-refractivity contribution is -0.141. The van der Waals surface area contributed by atoms with Crippen molar-refractivity contribution in [2.75, 3.05) is 7.11 Å². The highest BCUT2D eigenvalue weighted by atomic mass is 32.2. The molecule has 1 aromatic heterocycles. The molecule has 0 bridgehead atoms. The van der Waals surface area contributed by atoms with Gasteiger partial charge in [0.2, 0.25) is 6.04 Å². The van der Waals surface area contributed by atoms with Crippen molar-refractivity contribution < 1.29 is 27.2 Å². The van der Waals surface area contributed by atoms with E-state index in [0.717, 1.165) is 0 Å². The number of oxazole rings is 1. The fourth-order valence-electron chi connectivity index (χ4n) is 2.98. The van der Waals surface area contributed by atoms with Crippen LogP contribution in [0.25, 0.3) is 11.1 Å². The molecule has 1 saturated heterocycles. The highest BCUT2D eigenvalue weighted by Gasteiger charge is 2.52. The van der Waals surface area contributed by atoms with E-state index < -0.39 is 40.1 Å². The van der Waals surface area contributed by atoms with Crippen LogP contribution in [0.4, 0.5) is 6.01 Å². The van der Waals surface area contributed by atoms with Gasteiger partial charge in [0.15, 0.2) is 5.58 Å². The Balaban J connectivity index is 1.98. The number of ether oxygens (including phenoxy) is 1.